The maximum atomic E-state index is 11.3. The second-order valence-electron chi connectivity index (χ2n) is 3.90. The van der Waals surface area contributed by atoms with Gasteiger partial charge in [0.1, 0.15) is 0 Å². The van der Waals surface area contributed by atoms with E-state index < -0.39 is 11.5 Å². The Balaban J connectivity index is 2.42. The van der Waals surface area contributed by atoms with Crippen molar-refractivity contribution in [3.63, 3.8) is 0 Å². The maximum absolute atomic E-state index is 11.3. The molecule has 4 nitrogen and oxygen atoms in total. The summed E-state index contributed by atoms with van der Waals surface area (Å²) in [6.07, 6.45) is 0.671. The average molecular weight is 216 g/mol. The summed E-state index contributed by atoms with van der Waals surface area (Å²) in [5, 5.41) is 21.1. The minimum atomic E-state index is -1.47. The second-order valence-corrected chi connectivity index (χ2v) is 3.90. The van der Waals surface area contributed by atoms with Gasteiger partial charge in [-0.25, -0.2) is 4.79 Å². The van der Waals surface area contributed by atoms with E-state index >= 15 is 0 Å². The number of nitrogens with zero attached hydrogens (tertiary/aromatic N) is 1. The van der Waals surface area contributed by atoms with E-state index in [1.807, 2.05) is 36.4 Å². The van der Waals surface area contributed by atoms with Crippen molar-refractivity contribution in [1.82, 2.24) is 5.32 Å². The van der Waals surface area contributed by atoms with Gasteiger partial charge >= 0.3 is 5.97 Å². The molecule has 16 heavy (non-hydrogen) atoms. The van der Waals surface area contributed by atoms with Gasteiger partial charge < -0.3 is 5.11 Å². The van der Waals surface area contributed by atoms with E-state index in [1.165, 1.54) is 0 Å². The molecule has 1 aliphatic rings. The Kier molecular flexibility index (Phi) is 2.63. The summed E-state index contributed by atoms with van der Waals surface area (Å²) in [4.78, 5) is 11.3. The summed E-state index contributed by atoms with van der Waals surface area (Å²) in [7, 11) is 0. The number of hydrogen-bond donors (Lipinski definition) is 2. The third kappa shape index (κ3) is 1.46. The normalized spacial score (nSPS) is 28.6. The van der Waals surface area contributed by atoms with Crippen LogP contribution in [0.25, 0.3) is 0 Å². The predicted octanol–water partition coefficient (Wildman–Crippen LogP) is 1.11. The van der Waals surface area contributed by atoms with E-state index in [4.69, 9.17) is 5.26 Å². The zero-order valence-corrected chi connectivity index (χ0v) is 8.68. The van der Waals surface area contributed by atoms with Crippen molar-refractivity contribution in [3.8, 4) is 6.07 Å². The summed E-state index contributed by atoms with van der Waals surface area (Å²) >= 11 is 0. The number of nitrogens with one attached hydrogen (secondary N) is 1. The number of aliphatic carboxylic acids is 1. The largest absolute Gasteiger partial charge is 0.479 e. The summed E-state index contributed by atoms with van der Waals surface area (Å²) in [6.45, 7) is 0.555. The van der Waals surface area contributed by atoms with Crippen LogP contribution in [-0.4, -0.2) is 23.2 Å². The minimum absolute atomic E-state index is 0.281. The summed E-state index contributed by atoms with van der Waals surface area (Å²) in [5.74, 6) is -1.38. The van der Waals surface area contributed by atoms with Crippen LogP contribution in [0.4, 0.5) is 0 Å². The molecule has 1 fully saturated rings. The highest BCUT2D eigenvalue weighted by molar-refractivity contribution is 5.85. The molecule has 1 aromatic rings. The Hall–Kier alpha value is -1.86. The van der Waals surface area contributed by atoms with E-state index in [2.05, 4.69) is 5.32 Å². The predicted molar refractivity (Wildman–Crippen MR) is 57.8 cm³/mol. The number of hydrogen-bond acceptors (Lipinski definition) is 3. The molecule has 0 spiro atoms. The first-order valence-electron chi connectivity index (χ1n) is 5.15. The lowest BCUT2D eigenvalue weighted by molar-refractivity contribution is -0.142. The van der Waals surface area contributed by atoms with E-state index in [0.29, 0.717) is 13.0 Å². The van der Waals surface area contributed by atoms with E-state index in [-0.39, 0.29) is 5.92 Å². The zero-order valence-electron chi connectivity index (χ0n) is 8.68. The molecule has 1 unspecified atom stereocenters. The zero-order chi connectivity index (χ0) is 11.6. The quantitative estimate of drug-likeness (QED) is 0.776. The lowest BCUT2D eigenvalue weighted by Gasteiger charge is -2.24. The van der Waals surface area contributed by atoms with Gasteiger partial charge in [0, 0.05) is 5.92 Å². The first kappa shape index (κ1) is 10.7. The Morgan fingerprint density at radius 2 is 2.19 bits per heavy atom. The Bertz CT molecular complexity index is 438. The number of nitriles is 1. The molecule has 2 N–H and O–H groups in total. The molecular formula is C12H12N2O2. The van der Waals surface area contributed by atoms with Crippen LogP contribution < -0.4 is 5.32 Å². The lowest BCUT2D eigenvalue weighted by Crippen LogP contribution is -2.49. The molecule has 0 saturated carbocycles. The number of carboxylic acid groups (broad SMARTS) is 1. The van der Waals surface area contributed by atoms with Gasteiger partial charge in [-0.2, -0.15) is 5.26 Å². The van der Waals surface area contributed by atoms with Crippen LogP contribution in [0.3, 0.4) is 0 Å². The van der Waals surface area contributed by atoms with Gasteiger partial charge in [0.15, 0.2) is 0 Å². The molecule has 0 amide bonds. The monoisotopic (exact) mass is 216 g/mol. The van der Waals surface area contributed by atoms with Crippen LogP contribution >= 0.6 is 0 Å². The smallest absolute Gasteiger partial charge is 0.339 e. The highest BCUT2D eigenvalue weighted by atomic mass is 16.4. The van der Waals surface area contributed by atoms with Crippen molar-refractivity contribution in [3.05, 3.63) is 35.9 Å². The van der Waals surface area contributed by atoms with Gasteiger partial charge in [0.05, 0.1) is 6.07 Å². The fraction of sp³-hybridized carbons (Fsp3) is 0.333. The molecule has 1 aliphatic heterocycles. The standard InChI is InChI=1S/C12H12N2O2/c13-8-12(11(15)16)10(6-7-14-12)9-4-2-1-3-5-9/h1-5,10,14H,6-7H2,(H,15,16)/t10?,12-/m0/s1. The average Bonchev–Trinajstić information content (AvgIpc) is 2.75. The third-order valence-corrected chi connectivity index (χ3v) is 3.08. The van der Waals surface area contributed by atoms with Gasteiger partial charge in [-0.3, -0.25) is 5.32 Å². The first-order valence-corrected chi connectivity index (χ1v) is 5.15. The Morgan fingerprint density at radius 3 is 2.75 bits per heavy atom. The molecule has 1 saturated heterocycles. The molecule has 0 radical (unpaired) electrons. The van der Waals surface area contributed by atoms with Gasteiger partial charge in [0.25, 0.3) is 0 Å². The molecule has 2 atom stereocenters. The van der Waals surface area contributed by atoms with Crippen LogP contribution in [0.5, 0.6) is 0 Å². The van der Waals surface area contributed by atoms with Gasteiger partial charge in [-0.1, -0.05) is 30.3 Å². The summed E-state index contributed by atoms with van der Waals surface area (Å²) in [5.41, 5.74) is -0.571. The lowest BCUT2D eigenvalue weighted by atomic mass is 9.81. The van der Waals surface area contributed by atoms with Crippen LogP contribution in [0.1, 0.15) is 17.9 Å². The highest BCUT2D eigenvalue weighted by Gasteiger charge is 2.50. The van der Waals surface area contributed by atoms with Crippen molar-refractivity contribution >= 4 is 5.97 Å². The van der Waals surface area contributed by atoms with Crippen molar-refractivity contribution in [2.75, 3.05) is 6.54 Å². The molecular weight excluding hydrogens is 204 g/mol. The third-order valence-electron chi connectivity index (χ3n) is 3.08. The Morgan fingerprint density at radius 1 is 1.50 bits per heavy atom. The van der Waals surface area contributed by atoms with Crippen molar-refractivity contribution in [2.45, 2.75) is 17.9 Å². The van der Waals surface area contributed by atoms with Crippen LogP contribution in [0, 0.1) is 11.3 Å². The minimum Gasteiger partial charge on any atom is -0.479 e. The molecule has 82 valence electrons. The van der Waals surface area contributed by atoms with Crippen molar-refractivity contribution < 1.29 is 9.90 Å². The van der Waals surface area contributed by atoms with Crippen LogP contribution in [0.15, 0.2) is 30.3 Å². The van der Waals surface area contributed by atoms with Crippen LogP contribution in [-0.2, 0) is 4.79 Å². The van der Waals surface area contributed by atoms with E-state index in [1.54, 1.807) is 0 Å². The highest BCUT2D eigenvalue weighted by Crippen LogP contribution is 2.35. The maximum Gasteiger partial charge on any atom is 0.339 e. The number of carbonyl (C=O) groups is 1. The van der Waals surface area contributed by atoms with Crippen molar-refractivity contribution in [1.29, 1.82) is 5.26 Å². The number of benzene rings is 1. The van der Waals surface area contributed by atoms with Gasteiger partial charge in [0.2, 0.25) is 5.54 Å². The number of rotatable bonds is 2. The van der Waals surface area contributed by atoms with Crippen LogP contribution in [0.2, 0.25) is 0 Å². The molecule has 0 aliphatic carbocycles. The SMILES string of the molecule is N#C[C@]1(C(=O)O)NCCC1c1ccccc1. The van der Waals surface area contributed by atoms with E-state index in [9.17, 15) is 9.90 Å². The molecule has 0 bridgehead atoms. The molecule has 1 aromatic carbocycles. The topological polar surface area (TPSA) is 73.1 Å². The fourth-order valence-electron chi connectivity index (χ4n) is 2.25. The summed E-state index contributed by atoms with van der Waals surface area (Å²) < 4.78 is 0. The first-order chi connectivity index (χ1) is 7.70. The number of carboxylic acids is 1. The summed E-state index contributed by atoms with van der Waals surface area (Å²) in [6, 6.07) is 11.2. The van der Waals surface area contributed by atoms with E-state index in [0.717, 1.165) is 5.56 Å². The fourth-order valence-corrected chi connectivity index (χ4v) is 2.25. The Labute approximate surface area is 93.5 Å². The molecule has 1 heterocycles. The molecule has 4 heteroatoms. The van der Waals surface area contributed by atoms with Gasteiger partial charge in [-0.15, -0.1) is 0 Å². The molecule has 2 rings (SSSR count). The van der Waals surface area contributed by atoms with Crippen molar-refractivity contribution in [2.24, 2.45) is 0 Å². The van der Waals surface area contributed by atoms with Gasteiger partial charge in [-0.05, 0) is 18.5 Å². The molecule has 0 aromatic heterocycles. The second kappa shape index (κ2) is 3.95.